The first-order valence-corrected chi connectivity index (χ1v) is 8.06. The Morgan fingerprint density at radius 3 is 3.09 bits per heavy atom. The molecule has 7 heteroatoms. The number of carbonyl (C=O) groups is 1. The number of hydrogen-bond acceptors (Lipinski definition) is 5. The minimum absolute atomic E-state index is 0.0624. The van der Waals surface area contributed by atoms with Crippen LogP contribution in [0.2, 0.25) is 0 Å². The Balaban J connectivity index is 1.67. The fraction of sp³-hybridized carbons (Fsp3) is 0.400. The van der Waals surface area contributed by atoms with Crippen LogP contribution in [0.15, 0.2) is 23.6 Å². The third kappa shape index (κ3) is 3.24. The average Bonchev–Trinajstić information content (AvgIpc) is 3.02. The fourth-order valence-electron chi connectivity index (χ4n) is 2.81. The minimum Gasteiger partial charge on any atom is -0.369 e. The van der Waals surface area contributed by atoms with Gasteiger partial charge in [0.25, 0.3) is 5.91 Å². The highest BCUT2D eigenvalue weighted by Crippen LogP contribution is 2.24. The molecule has 1 aliphatic heterocycles. The SMILES string of the molecule is Cc1cc(F)ccc1N1CCC[C@@H](NC(=O)c2csnn2)C1. The van der Waals surface area contributed by atoms with E-state index in [0.29, 0.717) is 5.69 Å². The summed E-state index contributed by atoms with van der Waals surface area (Å²) in [5.41, 5.74) is 2.30. The first-order valence-electron chi connectivity index (χ1n) is 7.22. The highest BCUT2D eigenvalue weighted by Gasteiger charge is 2.23. The van der Waals surface area contributed by atoms with E-state index in [2.05, 4.69) is 19.8 Å². The number of anilines is 1. The Labute approximate surface area is 132 Å². The van der Waals surface area contributed by atoms with E-state index in [9.17, 15) is 9.18 Å². The second-order valence-electron chi connectivity index (χ2n) is 5.48. The second-order valence-corrected chi connectivity index (χ2v) is 6.09. The molecule has 22 heavy (non-hydrogen) atoms. The van der Waals surface area contributed by atoms with E-state index >= 15 is 0 Å². The normalized spacial score (nSPS) is 18.3. The number of carbonyl (C=O) groups excluding carboxylic acids is 1. The first kappa shape index (κ1) is 14.9. The van der Waals surface area contributed by atoms with E-state index in [4.69, 9.17) is 0 Å². The second kappa shape index (κ2) is 6.39. The lowest BCUT2D eigenvalue weighted by Crippen LogP contribution is -2.48. The summed E-state index contributed by atoms with van der Waals surface area (Å²) in [7, 11) is 0. The molecule has 116 valence electrons. The Hall–Kier alpha value is -2.02. The maximum atomic E-state index is 13.2. The van der Waals surface area contributed by atoms with Crippen molar-refractivity contribution in [3.63, 3.8) is 0 Å². The van der Waals surface area contributed by atoms with Crippen LogP contribution in [0.5, 0.6) is 0 Å². The molecule has 3 rings (SSSR count). The molecular formula is C15H17FN4OS. The van der Waals surface area contributed by atoms with E-state index in [0.717, 1.165) is 48.7 Å². The number of hydrogen-bond donors (Lipinski definition) is 1. The molecular weight excluding hydrogens is 303 g/mol. The summed E-state index contributed by atoms with van der Waals surface area (Å²) >= 11 is 1.16. The number of piperidine rings is 1. The van der Waals surface area contributed by atoms with Crippen molar-refractivity contribution in [3.8, 4) is 0 Å². The molecule has 0 aliphatic carbocycles. The minimum atomic E-state index is -0.223. The largest absolute Gasteiger partial charge is 0.369 e. The molecule has 0 saturated carbocycles. The number of rotatable bonds is 3. The summed E-state index contributed by atoms with van der Waals surface area (Å²) in [5, 5.41) is 8.42. The number of aryl methyl sites for hydroxylation is 1. The van der Waals surface area contributed by atoms with Crippen molar-refractivity contribution in [3.05, 3.63) is 40.7 Å². The van der Waals surface area contributed by atoms with Crippen LogP contribution in [0.25, 0.3) is 0 Å². The summed E-state index contributed by atoms with van der Waals surface area (Å²) in [6.45, 7) is 3.54. The van der Waals surface area contributed by atoms with Crippen molar-refractivity contribution in [2.45, 2.75) is 25.8 Å². The van der Waals surface area contributed by atoms with E-state index in [1.807, 2.05) is 6.92 Å². The van der Waals surface area contributed by atoms with Gasteiger partial charge in [0.1, 0.15) is 5.82 Å². The van der Waals surface area contributed by atoms with Crippen molar-refractivity contribution in [1.29, 1.82) is 0 Å². The van der Waals surface area contributed by atoms with Gasteiger partial charge in [-0.15, -0.1) is 5.10 Å². The topological polar surface area (TPSA) is 58.1 Å². The molecule has 0 radical (unpaired) electrons. The Morgan fingerprint density at radius 2 is 2.36 bits per heavy atom. The van der Waals surface area contributed by atoms with E-state index in [1.54, 1.807) is 17.5 Å². The molecule has 1 aliphatic rings. The van der Waals surface area contributed by atoms with Crippen LogP contribution < -0.4 is 10.2 Å². The Bertz CT molecular complexity index is 662. The molecule has 1 aromatic heterocycles. The van der Waals surface area contributed by atoms with Crippen molar-refractivity contribution in [2.24, 2.45) is 0 Å². The van der Waals surface area contributed by atoms with Crippen LogP contribution in [-0.4, -0.2) is 34.6 Å². The van der Waals surface area contributed by atoms with Crippen LogP contribution in [-0.2, 0) is 0 Å². The summed E-state index contributed by atoms with van der Waals surface area (Å²) < 4.78 is 16.9. The molecule has 1 atom stereocenters. The van der Waals surface area contributed by atoms with Crippen LogP contribution in [0.3, 0.4) is 0 Å². The number of benzene rings is 1. The lowest BCUT2D eigenvalue weighted by Gasteiger charge is -2.35. The first-order chi connectivity index (χ1) is 10.6. The van der Waals surface area contributed by atoms with Crippen molar-refractivity contribution in [1.82, 2.24) is 14.9 Å². The monoisotopic (exact) mass is 320 g/mol. The lowest BCUT2D eigenvalue weighted by molar-refractivity contribution is 0.0928. The van der Waals surface area contributed by atoms with Crippen molar-refractivity contribution >= 4 is 23.1 Å². The van der Waals surface area contributed by atoms with Crippen LogP contribution in [0.4, 0.5) is 10.1 Å². The number of nitrogens with one attached hydrogen (secondary N) is 1. The summed E-state index contributed by atoms with van der Waals surface area (Å²) in [4.78, 5) is 14.3. The van der Waals surface area contributed by atoms with Gasteiger partial charge in [0.15, 0.2) is 5.69 Å². The zero-order chi connectivity index (χ0) is 15.5. The molecule has 0 spiro atoms. The van der Waals surface area contributed by atoms with Gasteiger partial charge in [-0.05, 0) is 55.1 Å². The number of nitrogens with zero attached hydrogens (tertiary/aromatic N) is 3. The molecule has 1 saturated heterocycles. The zero-order valence-electron chi connectivity index (χ0n) is 12.3. The highest BCUT2D eigenvalue weighted by molar-refractivity contribution is 7.03. The van der Waals surface area contributed by atoms with Crippen molar-refractivity contribution < 1.29 is 9.18 Å². The van der Waals surface area contributed by atoms with Crippen LogP contribution >= 0.6 is 11.5 Å². The van der Waals surface area contributed by atoms with E-state index < -0.39 is 0 Å². The molecule has 1 aromatic carbocycles. The van der Waals surface area contributed by atoms with Crippen LogP contribution in [0, 0.1) is 12.7 Å². The van der Waals surface area contributed by atoms with Gasteiger partial charge in [-0.25, -0.2) is 4.39 Å². The van der Waals surface area contributed by atoms with Gasteiger partial charge in [-0.2, -0.15) is 0 Å². The standard InChI is InChI=1S/C15H17FN4OS/c1-10-7-11(16)4-5-14(10)20-6-2-3-12(8-20)17-15(21)13-9-22-19-18-13/h4-5,7,9,12H,2-3,6,8H2,1H3,(H,17,21)/t12-/m1/s1. The number of amides is 1. The predicted molar refractivity (Wildman–Crippen MR) is 83.7 cm³/mol. The summed E-state index contributed by atoms with van der Waals surface area (Å²) in [6, 6.07) is 4.88. The number of halogens is 1. The van der Waals surface area contributed by atoms with Crippen molar-refractivity contribution in [2.75, 3.05) is 18.0 Å². The van der Waals surface area contributed by atoms with Gasteiger partial charge < -0.3 is 10.2 Å². The van der Waals surface area contributed by atoms with Gasteiger partial charge in [-0.3, -0.25) is 4.79 Å². The predicted octanol–water partition coefficient (Wildman–Crippen LogP) is 2.38. The molecule has 0 bridgehead atoms. The third-order valence-corrected chi connectivity index (χ3v) is 4.35. The molecule has 0 unspecified atom stereocenters. The maximum Gasteiger partial charge on any atom is 0.273 e. The van der Waals surface area contributed by atoms with Gasteiger partial charge in [0.05, 0.1) is 0 Å². The van der Waals surface area contributed by atoms with Crippen LogP contribution in [0.1, 0.15) is 28.9 Å². The number of aromatic nitrogens is 2. The molecule has 2 aromatic rings. The zero-order valence-corrected chi connectivity index (χ0v) is 13.1. The molecule has 1 fully saturated rings. The van der Waals surface area contributed by atoms with Gasteiger partial charge in [0, 0.05) is 30.2 Å². The summed E-state index contributed by atoms with van der Waals surface area (Å²) in [6.07, 6.45) is 1.91. The van der Waals surface area contributed by atoms with E-state index in [1.165, 1.54) is 6.07 Å². The molecule has 1 amide bonds. The van der Waals surface area contributed by atoms with Gasteiger partial charge in [-0.1, -0.05) is 4.49 Å². The summed E-state index contributed by atoms with van der Waals surface area (Å²) in [5.74, 6) is -0.407. The fourth-order valence-corrected chi connectivity index (χ4v) is 3.25. The molecule has 1 N–H and O–H groups in total. The smallest absolute Gasteiger partial charge is 0.273 e. The lowest BCUT2D eigenvalue weighted by atomic mass is 10.0. The molecule has 2 heterocycles. The quantitative estimate of drug-likeness (QED) is 0.943. The van der Waals surface area contributed by atoms with Gasteiger partial charge in [0.2, 0.25) is 0 Å². The maximum absolute atomic E-state index is 13.2. The molecule has 5 nitrogen and oxygen atoms in total. The van der Waals surface area contributed by atoms with Gasteiger partial charge >= 0.3 is 0 Å². The Kier molecular flexibility index (Phi) is 4.33. The highest BCUT2D eigenvalue weighted by atomic mass is 32.1. The third-order valence-electron chi connectivity index (χ3n) is 3.85. The Morgan fingerprint density at radius 1 is 1.50 bits per heavy atom. The van der Waals surface area contributed by atoms with E-state index in [-0.39, 0.29) is 17.8 Å². The average molecular weight is 320 g/mol.